The number of ether oxygens (including phenoxy) is 1. The monoisotopic (exact) mass is 325 g/mol. The minimum atomic E-state index is -0.209. The Morgan fingerprint density at radius 1 is 1.29 bits per heavy atom. The highest BCUT2D eigenvalue weighted by Gasteiger charge is 2.34. The van der Waals surface area contributed by atoms with E-state index in [0.717, 1.165) is 17.0 Å². The predicted molar refractivity (Wildman–Crippen MR) is 87.6 cm³/mol. The standard InChI is InChI=1S/C18H19N3O3/c1-11-19-15-9-21(8-14(15)18(23)20(11)2)17(22)13-7-12-5-3-4-6-16(12)24-10-13/h3-6,13H,7-10H2,1-2H3. The lowest BCUT2D eigenvalue weighted by molar-refractivity contribution is -0.137. The van der Waals surface area contributed by atoms with Crippen LogP contribution in [0.5, 0.6) is 5.75 Å². The average molecular weight is 325 g/mol. The lowest BCUT2D eigenvalue weighted by Crippen LogP contribution is -2.38. The van der Waals surface area contributed by atoms with E-state index in [0.29, 0.717) is 37.5 Å². The third-order valence-corrected chi connectivity index (χ3v) is 4.92. The van der Waals surface area contributed by atoms with Gasteiger partial charge in [-0.15, -0.1) is 0 Å². The molecule has 0 fully saturated rings. The number of fused-ring (bicyclic) bond motifs is 2. The van der Waals surface area contributed by atoms with Gasteiger partial charge in [0.15, 0.2) is 0 Å². The number of amides is 1. The van der Waals surface area contributed by atoms with Gasteiger partial charge in [-0.25, -0.2) is 4.98 Å². The van der Waals surface area contributed by atoms with Crippen molar-refractivity contribution in [2.75, 3.05) is 6.61 Å². The molecular formula is C18H19N3O3. The molecule has 0 N–H and O–H groups in total. The van der Waals surface area contributed by atoms with E-state index in [1.807, 2.05) is 24.3 Å². The molecule has 24 heavy (non-hydrogen) atoms. The predicted octanol–water partition coefficient (Wildman–Crippen LogP) is 1.18. The summed E-state index contributed by atoms with van der Waals surface area (Å²) in [5, 5.41) is 0. The first-order valence-electron chi connectivity index (χ1n) is 8.09. The number of rotatable bonds is 1. The maximum absolute atomic E-state index is 12.9. The van der Waals surface area contributed by atoms with E-state index in [-0.39, 0.29) is 17.4 Å². The van der Waals surface area contributed by atoms with E-state index in [2.05, 4.69) is 4.98 Å². The maximum atomic E-state index is 12.9. The molecule has 2 aromatic rings. The molecular weight excluding hydrogens is 306 g/mol. The minimum Gasteiger partial charge on any atom is -0.492 e. The molecule has 0 bridgehead atoms. The van der Waals surface area contributed by atoms with E-state index < -0.39 is 0 Å². The third-order valence-electron chi connectivity index (χ3n) is 4.92. The summed E-state index contributed by atoms with van der Waals surface area (Å²) in [5.74, 6) is 1.35. The third kappa shape index (κ3) is 2.29. The van der Waals surface area contributed by atoms with Gasteiger partial charge < -0.3 is 9.64 Å². The van der Waals surface area contributed by atoms with Crippen LogP contribution in [0.4, 0.5) is 0 Å². The summed E-state index contributed by atoms with van der Waals surface area (Å²) >= 11 is 0. The Morgan fingerprint density at radius 3 is 2.92 bits per heavy atom. The Hall–Kier alpha value is -2.63. The molecule has 0 aliphatic carbocycles. The zero-order valence-electron chi connectivity index (χ0n) is 13.8. The second-order valence-corrected chi connectivity index (χ2v) is 6.46. The molecule has 0 saturated heterocycles. The van der Waals surface area contributed by atoms with Crippen molar-refractivity contribution in [1.29, 1.82) is 0 Å². The Bertz CT molecular complexity index is 888. The van der Waals surface area contributed by atoms with Gasteiger partial charge >= 0.3 is 0 Å². The largest absolute Gasteiger partial charge is 0.492 e. The van der Waals surface area contributed by atoms with Crippen molar-refractivity contribution in [3.63, 3.8) is 0 Å². The molecule has 0 spiro atoms. The highest BCUT2D eigenvalue weighted by Crippen LogP contribution is 2.29. The fourth-order valence-corrected chi connectivity index (χ4v) is 3.43. The van der Waals surface area contributed by atoms with E-state index in [1.165, 1.54) is 4.57 Å². The van der Waals surface area contributed by atoms with Gasteiger partial charge in [0.05, 0.1) is 30.3 Å². The second kappa shape index (κ2) is 5.47. The van der Waals surface area contributed by atoms with Crippen LogP contribution < -0.4 is 10.3 Å². The van der Waals surface area contributed by atoms with Crippen molar-refractivity contribution in [3.8, 4) is 5.75 Å². The molecule has 2 aliphatic rings. The van der Waals surface area contributed by atoms with Gasteiger partial charge in [-0.3, -0.25) is 14.2 Å². The van der Waals surface area contributed by atoms with Crippen LogP contribution in [-0.2, 0) is 31.4 Å². The molecule has 6 nitrogen and oxygen atoms in total. The van der Waals surface area contributed by atoms with E-state index in [4.69, 9.17) is 4.74 Å². The SMILES string of the molecule is Cc1nc2c(c(=O)n1C)CN(C(=O)C1COc3ccccc3C1)C2. The van der Waals surface area contributed by atoms with Gasteiger partial charge in [0.25, 0.3) is 5.56 Å². The molecule has 6 heteroatoms. The van der Waals surface area contributed by atoms with Crippen molar-refractivity contribution in [2.45, 2.75) is 26.4 Å². The molecule has 0 saturated carbocycles. The highest BCUT2D eigenvalue weighted by atomic mass is 16.5. The van der Waals surface area contributed by atoms with Gasteiger partial charge in [-0.05, 0) is 25.0 Å². The van der Waals surface area contributed by atoms with Gasteiger partial charge in [0.1, 0.15) is 18.2 Å². The number of aromatic nitrogens is 2. The van der Waals surface area contributed by atoms with Crippen LogP contribution >= 0.6 is 0 Å². The van der Waals surface area contributed by atoms with Gasteiger partial charge in [-0.1, -0.05) is 18.2 Å². The van der Waals surface area contributed by atoms with Crippen LogP contribution in [0.15, 0.2) is 29.1 Å². The Balaban J connectivity index is 1.55. The lowest BCUT2D eigenvalue weighted by Gasteiger charge is -2.27. The molecule has 1 atom stereocenters. The molecule has 0 radical (unpaired) electrons. The first-order chi connectivity index (χ1) is 11.5. The summed E-state index contributed by atoms with van der Waals surface area (Å²) in [6.07, 6.45) is 0.673. The number of hydrogen-bond acceptors (Lipinski definition) is 4. The molecule has 1 aromatic carbocycles. The summed E-state index contributed by atoms with van der Waals surface area (Å²) in [5.41, 5.74) is 2.36. The lowest BCUT2D eigenvalue weighted by atomic mass is 9.95. The van der Waals surface area contributed by atoms with Crippen molar-refractivity contribution >= 4 is 5.91 Å². The summed E-state index contributed by atoms with van der Waals surface area (Å²) in [7, 11) is 1.71. The quantitative estimate of drug-likeness (QED) is 0.790. The maximum Gasteiger partial charge on any atom is 0.258 e. The number of carbonyl (C=O) groups is 1. The highest BCUT2D eigenvalue weighted by molar-refractivity contribution is 5.80. The summed E-state index contributed by atoms with van der Waals surface area (Å²) in [4.78, 5) is 31.4. The fraction of sp³-hybridized carbons (Fsp3) is 0.389. The number of carbonyl (C=O) groups excluding carboxylic acids is 1. The van der Waals surface area contributed by atoms with Crippen LogP contribution in [-0.4, -0.2) is 27.0 Å². The molecule has 1 unspecified atom stereocenters. The number of aryl methyl sites for hydroxylation is 1. The second-order valence-electron chi connectivity index (χ2n) is 6.46. The molecule has 3 heterocycles. The van der Waals surface area contributed by atoms with E-state index in [9.17, 15) is 9.59 Å². The Labute approximate surface area is 139 Å². The Morgan fingerprint density at radius 2 is 2.08 bits per heavy atom. The van der Waals surface area contributed by atoms with Crippen LogP contribution in [0, 0.1) is 12.8 Å². The Kier molecular flexibility index (Phi) is 3.40. The molecule has 4 rings (SSSR count). The smallest absolute Gasteiger partial charge is 0.258 e. The van der Waals surface area contributed by atoms with Crippen LogP contribution in [0.2, 0.25) is 0 Å². The van der Waals surface area contributed by atoms with E-state index in [1.54, 1.807) is 18.9 Å². The fourth-order valence-electron chi connectivity index (χ4n) is 3.43. The number of para-hydroxylation sites is 1. The molecule has 124 valence electrons. The summed E-state index contributed by atoms with van der Waals surface area (Å²) in [6.45, 7) is 2.93. The summed E-state index contributed by atoms with van der Waals surface area (Å²) < 4.78 is 7.26. The summed E-state index contributed by atoms with van der Waals surface area (Å²) in [6, 6.07) is 7.81. The zero-order chi connectivity index (χ0) is 16.8. The van der Waals surface area contributed by atoms with Gasteiger partial charge in [0, 0.05) is 7.05 Å². The minimum absolute atomic E-state index is 0.0298. The topological polar surface area (TPSA) is 64.4 Å². The van der Waals surface area contributed by atoms with Crippen molar-refractivity contribution in [3.05, 3.63) is 57.3 Å². The van der Waals surface area contributed by atoms with Gasteiger partial charge in [0.2, 0.25) is 5.91 Å². The van der Waals surface area contributed by atoms with Crippen molar-refractivity contribution in [1.82, 2.24) is 14.5 Å². The normalized spacial score (nSPS) is 18.8. The van der Waals surface area contributed by atoms with Gasteiger partial charge in [-0.2, -0.15) is 0 Å². The molecule has 1 aromatic heterocycles. The molecule has 1 amide bonds. The zero-order valence-corrected chi connectivity index (χ0v) is 13.8. The van der Waals surface area contributed by atoms with Crippen molar-refractivity contribution < 1.29 is 9.53 Å². The van der Waals surface area contributed by atoms with Crippen LogP contribution in [0.25, 0.3) is 0 Å². The number of benzene rings is 1. The van der Waals surface area contributed by atoms with Crippen molar-refractivity contribution in [2.24, 2.45) is 13.0 Å². The first kappa shape index (κ1) is 14.9. The van der Waals surface area contributed by atoms with Crippen LogP contribution in [0.1, 0.15) is 22.6 Å². The average Bonchev–Trinajstić information content (AvgIpc) is 3.02. The number of hydrogen-bond donors (Lipinski definition) is 0. The van der Waals surface area contributed by atoms with E-state index >= 15 is 0 Å². The molecule has 2 aliphatic heterocycles. The number of nitrogens with zero attached hydrogens (tertiary/aromatic N) is 3. The first-order valence-corrected chi connectivity index (χ1v) is 8.09. The van der Waals surface area contributed by atoms with Crippen LogP contribution in [0.3, 0.4) is 0 Å².